The highest BCUT2D eigenvalue weighted by Crippen LogP contribution is 2.11. The van der Waals surface area contributed by atoms with Crippen LogP contribution in [-0.4, -0.2) is 75.9 Å². The average molecular weight is 501 g/mol. The fraction of sp³-hybridized carbons (Fsp3) is 0.450. The van der Waals surface area contributed by atoms with E-state index in [2.05, 4.69) is 41.2 Å². The zero-order valence-corrected chi connectivity index (χ0v) is 19.4. The molecule has 0 saturated heterocycles. The second-order valence-electron chi connectivity index (χ2n) is 7.15. The van der Waals surface area contributed by atoms with Gasteiger partial charge in [0.2, 0.25) is 17.7 Å². The van der Waals surface area contributed by atoms with Gasteiger partial charge in [-0.05, 0) is 30.5 Å². The first-order valence-electron chi connectivity index (χ1n) is 9.94. The molecule has 0 aliphatic carbocycles. The summed E-state index contributed by atoms with van der Waals surface area (Å²) in [5, 5.41) is 25.6. The molecular weight excluding hydrogens is 472 g/mol. The molecule has 7 N–H and O–H groups in total. The van der Waals surface area contributed by atoms with E-state index >= 15 is 0 Å². The third kappa shape index (κ3) is 10.1. The number of aliphatic carboxylic acids is 1. The quantitative estimate of drug-likeness (QED) is 0.114. The molecule has 0 aliphatic heterocycles. The van der Waals surface area contributed by atoms with Crippen molar-refractivity contribution in [3.8, 4) is 5.75 Å². The Morgan fingerprint density at radius 3 is 2.03 bits per heavy atom. The van der Waals surface area contributed by atoms with E-state index < -0.39 is 54.3 Å². The number of carboxylic acid groups (broad SMARTS) is 1. The number of nitrogens with one attached hydrogen (secondary N) is 3. The standard InChI is InChI=1S/C20H28N4O7S2/c21-14(9-32)18(29)24-16(10-33)20(31)23-15(5-6-17(27)28)19(30)22-12(8-25)7-11-1-3-13(26)4-2-11/h1-4,8,12,14-16,26,32-33H,5-7,9-10,21H2,(H,22,30)(H,23,31)(H,24,29)(H,27,28)/t12-,14-,15-,16-/m0/s1. The summed E-state index contributed by atoms with van der Waals surface area (Å²) in [6, 6.07) is 1.69. The van der Waals surface area contributed by atoms with Gasteiger partial charge < -0.3 is 36.7 Å². The molecule has 0 aliphatic rings. The van der Waals surface area contributed by atoms with E-state index in [4.69, 9.17) is 10.8 Å². The maximum Gasteiger partial charge on any atom is 0.303 e. The van der Waals surface area contributed by atoms with Gasteiger partial charge in [0, 0.05) is 17.9 Å². The molecule has 0 aromatic heterocycles. The van der Waals surface area contributed by atoms with Crippen molar-refractivity contribution >= 4 is 55.2 Å². The minimum atomic E-state index is -1.28. The number of hydrogen-bond donors (Lipinski definition) is 8. The largest absolute Gasteiger partial charge is 0.508 e. The predicted molar refractivity (Wildman–Crippen MR) is 126 cm³/mol. The summed E-state index contributed by atoms with van der Waals surface area (Å²) in [4.78, 5) is 59.8. The monoisotopic (exact) mass is 500 g/mol. The molecule has 0 fully saturated rings. The molecule has 0 saturated carbocycles. The summed E-state index contributed by atoms with van der Waals surface area (Å²) in [5.74, 6) is -3.37. The van der Waals surface area contributed by atoms with E-state index in [9.17, 15) is 29.1 Å². The smallest absolute Gasteiger partial charge is 0.303 e. The molecule has 0 spiro atoms. The third-order valence-electron chi connectivity index (χ3n) is 4.51. The Labute approximate surface area is 201 Å². The zero-order chi connectivity index (χ0) is 25.0. The maximum atomic E-state index is 12.7. The van der Waals surface area contributed by atoms with Gasteiger partial charge in [-0.15, -0.1) is 0 Å². The molecule has 3 amide bonds. The first kappa shape index (κ1) is 28.3. The number of phenolic OH excluding ortho intramolecular Hbond substituents is 1. The zero-order valence-electron chi connectivity index (χ0n) is 17.6. The van der Waals surface area contributed by atoms with Gasteiger partial charge in [0.05, 0.1) is 12.1 Å². The Kier molecular flexibility index (Phi) is 12.3. The van der Waals surface area contributed by atoms with Crippen LogP contribution in [0.1, 0.15) is 18.4 Å². The van der Waals surface area contributed by atoms with Crippen molar-refractivity contribution in [2.45, 2.75) is 43.4 Å². The van der Waals surface area contributed by atoms with Crippen LogP contribution in [0.2, 0.25) is 0 Å². The Morgan fingerprint density at radius 1 is 0.939 bits per heavy atom. The number of benzene rings is 1. The summed E-state index contributed by atoms with van der Waals surface area (Å²) in [6.45, 7) is 0. The van der Waals surface area contributed by atoms with Gasteiger partial charge in [-0.25, -0.2) is 0 Å². The molecule has 13 heteroatoms. The highest BCUT2D eigenvalue weighted by molar-refractivity contribution is 7.80. The Balaban J connectivity index is 2.88. The highest BCUT2D eigenvalue weighted by Gasteiger charge is 2.28. The Hall–Kier alpha value is -2.77. The minimum Gasteiger partial charge on any atom is -0.508 e. The second kappa shape index (κ2) is 14.4. The lowest BCUT2D eigenvalue weighted by molar-refractivity contribution is -0.138. The van der Waals surface area contributed by atoms with Gasteiger partial charge in [-0.3, -0.25) is 19.2 Å². The topological polar surface area (TPSA) is 188 Å². The lowest BCUT2D eigenvalue weighted by Gasteiger charge is -2.24. The van der Waals surface area contributed by atoms with Gasteiger partial charge >= 0.3 is 5.97 Å². The van der Waals surface area contributed by atoms with Crippen LogP contribution in [0.5, 0.6) is 5.75 Å². The van der Waals surface area contributed by atoms with Crippen molar-refractivity contribution in [1.29, 1.82) is 0 Å². The normalized spacial score (nSPS) is 14.3. The van der Waals surface area contributed by atoms with E-state index in [0.717, 1.165) is 0 Å². The molecule has 182 valence electrons. The fourth-order valence-electron chi connectivity index (χ4n) is 2.67. The summed E-state index contributed by atoms with van der Waals surface area (Å²) in [6.07, 6.45) is -0.0475. The molecular formula is C20H28N4O7S2. The van der Waals surface area contributed by atoms with Gasteiger partial charge in [-0.2, -0.15) is 25.3 Å². The average Bonchev–Trinajstić information content (AvgIpc) is 2.79. The summed E-state index contributed by atoms with van der Waals surface area (Å²) < 4.78 is 0. The summed E-state index contributed by atoms with van der Waals surface area (Å²) >= 11 is 7.94. The van der Waals surface area contributed by atoms with Crippen molar-refractivity contribution in [1.82, 2.24) is 16.0 Å². The van der Waals surface area contributed by atoms with Gasteiger partial charge in [0.25, 0.3) is 0 Å². The van der Waals surface area contributed by atoms with Crippen molar-refractivity contribution in [3.05, 3.63) is 29.8 Å². The first-order chi connectivity index (χ1) is 15.6. The number of carbonyl (C=O) groups is 5. The van der Waals surface area contributed by atoms with Gasteiger partial charge in [0.1, 0.15) is 24.1 Å². The van der Waals surface area contributed by atoms with E-state index in [-0.39, 0.29) is 30.1 Å². The number of carbonyl (C=O) groups excluding carboxylic acids is 4. The SMILES string of the molecule is N[C@@H](CS)C(=O)N[C@@H](CS)C(=O)N[C@@H](CCC(=O)O)C(=O)N[C@H](C=O)Cc1ccc(O)cc1. The molecule has 11 nitrogen and oxygen atoms in total. The van der Waals surface area contributed by atoms with Crippen LogP contribution in [0, 0.1) is 0 Å². The van der Waals surface area contributed by atoms with Crippen molar-refractivity contribution in [2.24, 2.45) is 5.73 Å². The number of rotatable bonds is 14. The van der Waals surface area contributed by atoms with Crippen molar-refractivity contribution < 1.29 is 34.2 Å². The number of phenols is 1. The maximum absolute atomic E-state index is 12.7. The summed E-state index contributed by atoms with van der Waals surface area (Å²) in [5.41, 5.74) is 6.23. The molecule has 0 bridgehead atoms. The van der Waals surface area contributed by atoms with Crippen LogP contribution in [-0.2, 0) is 30.4 Å². The molecule has 4 atom stereocenters. The van der Waals surface area contributed by atoms with E-state index in [1.807, 2.05) is 0 Å². The molecule has 0 unspecified atom stereocenters. The number of aldehydes is 1. The molecule has 33 heavy (non-hydrogen) atoms. The van der Waals surface area contributed by atoms with Gasteiger partial charge in [-0.1, -0.05) is 12.1 Å². The van der Waals surface area contributed by atoms with E-state index in [1.165, 1.54) is 12.1 Å². The predicted octanol–water partition coefficient (Wildman–Crippen LogP) is -1.36. The molecule has 1 aromatic rings. The highest BCUT2D eigenvalue weighted by atomic mass is 32.1. The molecule has 0 heterocycles. The minimum absolute atomic E-state index is 0.0445. The van der Waals surface area contributed by atoms with Crippen LogP contribution in [0.25, 0.3) is 0 Å². The fourth-order valence-corrected chi connectivity index (χ4v) is 3.09. The van der Waals surface area contributed by atoms with Crippen molar-refractivity contribution in [3.63, 3.8) is 0 Å². The Morgan fingerprint density at radius 2 is 1.52 bits per heavy atom. The third-order valence-corrected chi connectivity index (χ3v) is 5.27. The van der Waals surface area contributed by atoms with Gasteiger partial charge in [0.15, 0.2) is 0 Å². The lowest BCUT2D eigenvalue weighted by atomic mass is 10.0. The number of carboxylic acids is 1. The van der Waals surface area contributed by atoms with E-state index in [1.54, 1.807) is 12.1 Å². The van der Waals surface area contributed by atoms with Crippen LogP contribution >= 0.6 is 25.3 Å². The summed E-state index contributed by atoms with van der Waals surface area (Å²) in [7, 11) is 0. The second-order valence-corrected chi connectivity index (χ2v) is 7.88. The number of hydrogen-bond acceptors (Lipinski definition) is 9. The van der Waals surface area contributed by atoms with Crippen LogP contribution in [0.3, 0.4) is 0 Å². The van der Waals surface area contributed by atoms with Crippen LogP contribution in [0.4, 0.5) is 0 Å². The number of amides is 3. The number of nitrogens with two attached hydrogens (primary N) is 1. The molecule has 1 rings (SSSR count). The molecule has 0 radical (unpaired) electrons. The van der Waals surface area contributed by atoms with Crippen molar-refractivity contribution in [2.75, 3.05) is 11.5 Å². The van der Waals surface area contributed by atoms with Crippen LogP contribution < -0.4 is 21.7 Å². The van der Waals surface area contributed by atoms with E-state index in [0.29, 0.717) is 11.8 Å². The Bertz CT molecular complexity index is 838. The first-order valence-corrected chi connectivity index (χ1v) is 11.2. The number of aromatic hydroxyl groups is 1. The van der Waals surface area contributed by atoms with Crippen LogP contribution in [0.15, 0.2) is 24.3 Å². The number of thiol groups is 2. The molecule has 1 aromatic carbocycles. The lowest BCUT2D eigenvalue weighted by Crippen LogP contribution is -2.57.